The molecule has 0 aliphatic carbocycles. The Labute approximate surface area is 79.9 Å². The van der Waals surface area contributed by atoms with Gasteiger partial charge in [0.05, 0.1) is 10.9 Å². The molecular formula is C9H7ClO3. The molecule has 0 radical (unpaired) electrons. The Hall–Kier alpha value is -1.22. The van der Waals surface area contributed by atoms with E-state index in [1.807, 2.05) is 0 Å². The summed E-state index contributed by atoms with van der Waals surface area (Å²) in [5, 5.41) is 9.49. The van der Waals surface area contributed by atoms with Crippen LogP contribution in [0.2, 0.25) is 5.02 Å². The number of phenols is 1. The number of carbonyl (C=O) groups excluding carboxylic acids is 1. The monoisotopic (exact) mass is 198 g/mol. The van der Waals surface area contributed by atoms with Crippen LogP contribution in [0.15, 0.2) is 12.1 Å². The summed E-state index contributed by atoms with van der Waals surface area (Å²) in [5.41, 5.74) is 0.748. The standard InChI is InChI=1S/C9H7ClO3/c10-7-1-6-5(3-11)4-13-9(6)2-8(7)12/h1-3,5,12H,4H2. The van der Waals surface area contributed by atoms with Crippen molar-refractivity contribution in [2.24, 2.45) is 0 Å². The van der Waals surface area contributed by atoms with Crippen LogP contribution in [0.4, 0.5) is 0 Å². The number of aldehydes is 1. The van der Waals surface area contributed by atoms with Gasteiger partial charge in [-0.3, -0.25) is 0 Å². The zero-order chi connectivity index (χ0) is 9.42. The van der Waals surface area contributed by atoms with Crippen molar-refractivity contribution in [3.63, 3.8) is 0 Å². The van der Waals surface area contributed by atoms with Crippen LogP contribution in [-0.2, 0) is 4.79 Å². The molecule has 2 rings (SSSR count). The van der Waals surface area contributed by atoms with Gasteiger partial charge in [0.15, 0.2) is 0 Å². The Kier molecular flexibility index (Phi) is 1.88. The van der Waals surface area contributed by atoms with Crippen molar-refractivity contribution in [3.8, 4) is 11.5 Å². The fourth-order valence-electron chi connectivity index (χ4n) is 1.35. The summed E-state index contributed by atoms with van der Waals surface area (Å²) in [6.45, 7) is 0.332. The molecule has 1 heterocycles. The molecule has 4 heteroatoms. The van der Waals surface area contributed by atoms with Crippen molar-refractivity contribution in [2.75, 3.05) is 6.61 Å². The second kappa shape index (κ2) is 2.92. The van der Waals surface area contributed by atoms with Gasteiger partial charge in [0, 0.05) is 11.6 Å². The van der Waals surface area contributed by atoms with E-state index in [9.17, 15) is 9.90 Å². The third-order valence-electron chi connectivity index (χ3n) is 2.06. The largest absolute Gasteiger partial charge is 0.506 e. The predicted octanol–water partition coefficient (Wildman–Crippen LogP) is 1.72. The maximum absolute atomic E-state index is 10.6. The second-order valence-corrected chi connectivity index (χ2v) is 3.30. The number of hydrogen-bond acceptors (Lipinski definition) is 3. The predicted molar refractivity (Wildman–Crippen MR) is 47.4 cm³/mol. The molecule has 1 aliphatic rings. The zero-order valence-electron chi connectivity index (χ0n) is 6.66. The van der Waals surface area contributed by atoms with Gasteiger partial charge in [-0.1, -0.05) is 11.6 Å². The maximum Gasteiger partial charge on any atom is 0.137 e. The van der Waals surface area contributed by atoms with Crippen LogP contribution in [0.25, 0.3) is 0 Å². The fraction of sp³-hybridized carbons (Fsp3) is 0.222. The van der Waals surface area contributed by atoms with Crippen molar-refractivity contribution < 1.29 is 14.6 Å². The summed E-state index contributed by atoms with van der Waals surface area (Å²) in [6.07, 6.45) is 0.819. The normalized spacial score (nSPS) is 19.3. The molecule has 3 nitrogen and oxygen atoms in total. The van der Waals surface area contributed by atoms with E-state index in [2.05, 4.69) is 0 Å². The molecule has 13 heavy (non-hydrogen) atoms. The number of rotatable bonds is 1. The van der Waals surface area contributed by atoms with E-state index < -0.39 is 0 Å². The van der Waals surface area contributed by atoms with Crippen LogP contribution in [0.5, 0.6) is 11.5 Å². The van der Waals surface area contributed by atoms with Crippen LogP contribution in [-0.4, -0.2) is 18.0 Å². The van der Waals surface area contributed by atoms with Crippen molar-refractivity contribution in [3.05, 3.63) is 22.7 Å². The summed E-state index contributed by atoms with van der Waals surface area (Å²) in [5.74, 6) is 0.263. The van der Waals surface area contributed by atoms with Crippen LogP contribution >= 0.6 is 11.6 Å². The SMILES string of the molecule is O=CC1COc2cc(O)c(Cl)cc21. The average Bonchev–Trinajstić information content (AvgIpc) is 2.48. The van der Waals surface area contributed by atoms with E-state index in [-0.39, 0.29) is 16.7 Å². The molecule has 1 unspecified atom stereocenters. The summed E-state index contributed by atoms with van der Waals surface area (Å²) in [6, 6.07) is 3.00. The van der Waals surface area contributed by atoms with E-state index in [1.54, 1.807) is 6.07 Å². The number of halogens is 1. The summed E-state index contributed by atoms with van der Waals surface area (Å²) < 4.78 is 5.19. The third kappa shape index (κ3) is 1.25. The molecule has 68 valence electrons. The third-order valence-corrected chi connectivity index (χ3v) is 2.36. The van der Waals surface area contributed by atoms with Crippen molar-refractivity contribution >= 4 is 17.9 Å². The number of benzene rings is 1. The average molecular weight is 199 g/mol. The number of carbonyl (C=O) groups is 1. The number of phenolic OH excluding ortho intramolecular Hbond substituents is 1. The quantitative estimate of drug-likeness (QED) is 0.699. The van der Waals surface area contributed by atoms with Crippen molar-refractivity contribution in [2.45, 2.75) is 5.92 Å². The van der Waals surface area contributed by atoms with Gasteiger partial charge in [-0.05, 0) is 6.07 Å². The minimum Gasteiger partial charge on any atom is -0.506 e. The molecule has 0 saturated carbocycles. The molecule has 1 aromatic rings. The molecule has 0 spiro atoms. The number of aromatic hydroxyl groups is 1. The van der Waals surface area contributed by atoms with E-state index in [0.717, 1.165) is 11.8 Å². The van der Waals surface area contributed by atoms with Gasteiger partial charge < -0.3 is 14.6 Å². The first-order valence-electron chi connectivity index (χ1n) is 3.83. The lowest BCUT2D eigenvalue weighted by molar-refractivity contribution is -0.109. The highest BCUT2D eigenvalue weighted by Gasteiger charge is 2.24. The smallest absolute Gasteiger partial charge is 0.137 e. The molecule has 1 atom stereocenters. The van der Waals surface area contributed by atoms with Gasteiger partial charge in [-0.2, -0.15) is 0 Å². The number of ether oxygens (including phenoxy) is 1. The highest BCUT2D eigenvalue weighted by molar-refractivity contribution is 6.32. The second-order valence-electron chi connectivity index (χ2n) is 2.90. The number of fused-ring (bicyclic) bond motifs is 1. The van der Waals surface area contributed by atoms with Crippen LogP contribution in [0.3, 0.4) is 0 Å². The van der Waals surface area contributed by atoms with E-state index in [1.165, 1.54) is 6.07 Å². The van der Waals surface area contributed by atoms with Crippen molar-refractivity contribution in [1.82, 2.24) is 0 Å². The lowest BCUT2D eigenvalue weighted by Gasteiger charge is -2.01. The van der Waals surface area contributed by atoms with E-state index in [0.29, 0.717) is 12.4 Å². The van der Waals surface area contributed by atoms with Gasteiger partial charge in [0.2, 0.25) is 0 Å². The van der Waals surface area contributed by atoms with Gasteiger partial charge in [0.25, 0.3) is 0 Å². The molecule has 0 amide bonds. The molecule has 1 aromatic carbocycles. The van der Waals surface area contributed by atoms with Crippen LogP contribution in [0.1, 0.15) is 11.5 Å². The molecule has 0 aromatic heterocycles. The van der Waals surface area contributed by atoms with Gasteiger partial charge >= 0.3 is 0 Å². The minimum atomic E-state index is -0.256. The minimum absolute atomic E-state index is 0.0213. The zero-order valence-corrected chi connectivity index (χ0v) is 7.41. The Balaban J connectivity index is 2.53. The first-order valence-corrected chi connectivity index (χ1v) is 4.20. The molecule has 0 bridgehead atoms. The first-order chi connectivity index (χ1) is 6.22. The summed E-state index contributed by atoms with van der Waals surface area (Å²) in [7, 11) is 0. The first kappa shape index (κ1) is 8.38. The van der Waals surface area contributed by atoms with Gasteiger partial charge in [0.1, 0.15) is 24.4 Å². The Morgan fingerprint density at radius 3 is 3.08 bits per heavy atom. The fourth-order valence-corrected chi connectivity index (χ4v) is 1.53. The highest BCUT2D eigenvalue weighted by Crippen LogP contribution is 2.39. The van der Waals surface area contributed by atoms with E-state index in [4.69, 9.17) is 16.3 Å². The van der Waals surface area contributed by atoms with Gasteiger partial charge in [-0.25, -0.2) is 0 Å². The topological polar surface area (TPSA) is 46.5 Å². The number of hydrogen-bond donors (Lipinski definition) is 1. The Bertz CT molecular complexity index is 362. The highest BCUT2D eigenvalue weighted by atomic mass is 35.5. The molecule has 0 saturated heterocycles. The summed E-state index contributed by atoms with van der Waals surface area (Å²) in [4.78, 5) is 10.6. The Morgan fingerprint density at radius 1 is 1.62 bits per heavy atom. The Morgan fingerprint density at radius 2 is 2.38 bits per heavy atom. The van der Waals surface area contributed by atoms with E-state index >= 15 is 0 Å². The summed E-state index contributed by atoms with van der Waals surface area (Å²) >= 11 is 5.69. The van der Waals surface area contributed by atoms with Gasteiger partial charge in [-0.15, -0.1) is 0 Å². The van der Waals surface area contributed by atoms with Crippen molar-refractivity contribution in [1.29, 1.82) is 0 Å². The van der Waals surface area contributed by atoms with Crippen LogP contribution < -0.4 is 4.74 Å². The lowest BCUT2D eigenvalue weighted by atomic mass is 10.0. The molecule has 1 N–H and O–H groups in total. The molecule has 1 aliphatic heterocycles. The molecule has 0 fully saturated rings. The molecular weight excluding hydrogens is 192 g/mol. The maximum atomic E-state index is 10.6. The van der Waals surface area contributed by atoms with Crippen LogP contribution in [0, 0.1) is 0 Å². The lowest BCUT2D eigenvalue weighted by Crippen LogP contribution is -2.00.